The number of hydrogen-bond acceptors (Lipinski definition) is 7. The second kappa shape index (κ2) is 11.4. The topological polar surface area (TPSA) is 82.4 Å². The Labute approximate surface area is 219 Å². The van der Waals surface area contributed by atoms with E-state index in [1.807, 2.05) is 48.4 Å². The Balaban J connectivity index is 1.16. The number of benzene rings is 1. The summed E-state index contributed by atoms with van der Waals surface area (Å²) >= 11 is 0. The number of aromatic nitrogens is 4. The van der Waals surface area contributed by atoms with Gasteiger partial charge in [-0.2, -0.15) is 0 Å². The molecule has 0 atom stereocenters. The molecule has 0 spiro atoms. The number of hydrogen-bond donors (Lipinski definition) is 1. The number of aryl methyl sites for hydroxylation is 1. The Morgan fingerprint density at radius 1 is 0.919 bits per heavy atom. The van der Waals surface area contributed by atoms with Crippen LogP contribution in [0.5, 0.6) is 0 Å². The molecule has 2 aliphatic heterocycles. The second-order valence-electron chi connectivity index (χ2n) is 10.3. The van der Waals surface area contributed by atoms with Crippen LogP contribution < -0.4 is 5.32 Å². The van der Waals surface area contributed by atoms with Gasteiger partial charge in [-0.3, -0.25) is 9.69 Å². The van der Waals surface area contributed by atoms with Crippen LogP contribution in [-0.2, 0) is 0 Å². The number of nitrogens with zero attached hydrogens (tertiary/aromatic N) is 7. The Kier molecular flexibility index (Phi) is 7.81. The first-order chi connectivity index (χ1) is 18.0. The van der Waals surface area contributed by atoms with E-state index in [0.717, 1.165) is 62.2 Å². The quantitative estimate of drug-likeness (QED) is 0.501. The van der Waals surface area contributed by atoms with Gasteiger partial charge in [0.25, 0.3) is 5.91 Å². The van der Waals surface area contributed by atoms with Crippen molar-refractivity contribution in [3.8, 4) is 11.4 Å². The first-order valence-electron chi connectivity index (χ1n) is 13.5. The van der Waals surface area contributed by atoms with E-state index in [0.29, 0.717) is 11.5 Å². The van der Waals surface area contributed by atoms with Crippen molar-refractivity contribution in [2.24, 2.45) is 0 Å². The third-order valence-corrected chi connectivity index (χ3v) is 7.39. The molecule has 4 heterocycles. The zero-order valence-electron chi connectivity index (χ0n) is 22.2. The molecule has 0 aliphatic carbocycles. The number of nitrogens with one attached hydrogen (secondary N) is 1. The highest BCUT2D eigenvalue weighted by Crippen LogP contribution is 2.24. The van der Waals surface area contributed by atoms with Gasteiger partial charge in [0, 0.05) is 62.8 Å². The Bertz CT molecular complexity index is 1190. The number of likely N-dealkylation sites (tertiary alicyclic amines) is 1. The smallest absolute Gasteiger partial charge is 0.253 e. The number of carbonyl (C=O) groups excluding carboxylic acids is 1. The second-order valence-corrected chi connectivity index (χ2v) is 10.3. The maximum absolute atomic E-state index is 13.1. The molecular formula is C28H38N8O. The highest BCUT2D eigenvalue weighted by atomic mass is 16.2. The molecule has 2 fully saturated rings. The van der Waals surface area contributed by atoms with Gasteiger partial charge in [0.2, 0.25) is 5.95 Å². The van der Waals surface area contributed by atoms with E-state index in [-0.39, 0.29) is 11.9 Å². The minimum absolute atomic E-state index is 0.0984. The van der Waals surface area contributed by atoms with Crippen LogP contribution in [0.25, 0.3) is 11.4 Å². The van der Waals surface area contributed by atoms with Crippen LogP contribution in [0.4, 0.5) is 11.6 Å². The normalized spacial score (nSPS) is 17.0. The van der Waals surface area contributed by atoms with Crippen LogP contribution in [0.3, 0.4) is 0 Å². The molecule has 5 rings (SSSR count). The van der Waals surface area contributed by atoms with Crippen LogP contribution in [0.1, 0.15) is 48.9 Å². The van der Waals surface area contributed by atoms with Gasteiger partial charge in [0.15, 0.2) is 0 Å². The summed E-state index contributed by atoms with van der Waals surface area (Å²) in [6.07, 6.45) is 6.27. The molecule has 1 aromatic carbocycles. The molecular weight excluding hydrogens is 464 g/mol. The number of amides is 1. The van der Waals surface area contributed by atoms with Gasteiger partial charge in [-0.05, 0) is 77.0 Å². The highest BCUT2D eigenvalue weighted by molar-refractivity contribution is 5.94. The van der Waals surface area contributed by atoms with Gasteiger partial charge >= 0.3 is 0 Å². The van der Waals surface area contributed by atoms with Gasteiger partial charge in [-0.25, -0.2) is 15.0 Å². The fourth-order valence-electron chi connectivity index (χ4n) is 5.33. The summed E-state index contributed by atoms with van der Waals surface area (Å²) in [4.78, 5) is 33.6. The lowest BCUT2D eigenvalue weighted by Crippen LogP contribution is -2.50. The average Bonchev–Trinajstić information content (AvgIpc) is 3.58. The predicted molar refractivity (Wildman–Crippen MR) is 146 cm³/mol. The zero-order valence-corrected chi connectivity index (χ0v) is 22.2. The first kappa shape index (κ1) is 25.4. The van der Waals surface area contributed by atoms with E-state index < -0.39 is 0 Å². The van der Waals surface area contributed by atoms with E-state index in [9.17, 15) is 4.79 Å². The molecule has 2 aliphatic rings. The molecule has 9 heteroatoms. The molecule has 3 aromatic rings. The molecule has 37 heavy (non-hydrogen) atoms. The molecule has 1 N–H and O–H groups in total. The molecule has 9 nitrogen and oxygen atoms in total. The number of piperazine rings is 1. The van der Waals surface area contributed by atoms with Crippen molar-refractivity contribution < 1.29 is 4.79 Å². The maximum Gasteiger partial charge on any atom is 0.253 e. The van der Waals surface area contributed by atoms with E-state index >= 15 is 0 Å². The number of carbonyl (C=O) groups is 1. The van der Waals surface area contributed by atoms with Gasteiger partial charge < -0.3 is 19.7 Å². The minimum Gasteiger partial charge on any atom is -0.336 e. The van der Waals surface area contributed by atoms with Crippen LogP contribution in [0, 0.1) is 6.92 Å². The number of anilines is 2. The molecule has 196 valence electrons. The van der Waals surface area contributed by atoms with Crippen LogP contribution in [0.2, 0.25) is 0 Å². The van der Waals surface area contributed by atoms with Gasteiger partial charge in [-0.15, -0.1) is 0 Å². The lowest BCUT2D eigenvalue weighted by Gasteiger charge is -2.35. The fraction of sp³-hybridized carbons (Fsp3) is 0.500. The molecule has 0 radical (unpaired) electrons. The van der Waals surface area contributed by atoms with E-state index in [1.54, 1.807) is 6.20 Å². The lowest BCUT2D eigenvalue weighted by atomic mass is 10.1. The van der Waals surface area contributed by atoms with Gasteiger partial charge in [0.1, 0.15) is 5.82 Å². The summed E-state index contributed by atoms with van der Waals surface area (Å²) in [6, 6.07) is 9.77. The van der Waals surface area contributed by atoms with Crippen LogP contribution in [-0.4, -0.2) is 92.5 Å². The van der Waals surface area contributed by atoms with Crippen LogP contribution in [0.15, 0.2) is 42.7 Å². The fourth-order valence-corrected chi connectivity index (χ4v) is 5.33. The maximum atomic E-state index is 13.1. The van der Waals surface area contributed by atoms with Gasteiger partial charge in [0.05, 0.1) is 17.6 Å². The molecule has 0 bridgehead atoms. The van der Waals surface area contributed by atoms with Crippen molar-refractivity contribution in [3.63, 3.8) is 0 Å². The van der Waals surface area contributed by atoms with Crippen LogP contribution >= 0.6 is 0 Å². The van der Waals surface area contributed by atoms with E-state index in [2.05, 4.69) is 43.5 Å². The van der Waals surface area contributed by atoms with E-state index in [1.165, 1.54) is 25.9 Å². The summed E-state index contributed by atoms with van der Waals surface area (Å²) in [5.74, 6) is 1.57. The molecule has 2 saturated heterocycles. The largest absolute Gasteiger partial charge is 0.336 e. The summed E-state index contributed by atoms with van der Waals surface area (Å²) in [5, 5.41) is 3.27. The summed E-state index contributed by atoms with van der Waals surface area (Å²) < 4.78 is 2.17. The van der Waals surface area contributed by atoms with E-state index in [4.69, 9.17) is 4.98 Å². The van der Waals surface area contributed by atoms with Crippen molar-refractivity contribution >= 4 is 17.5 Å². The molecule has 1 amide bonds. The molecule has 2 aromatic heterocycles. The third kappa shape index (κ3) is 5.99. The third-order valence-electron chi connectivity index (χ3n) is 7.39. The molecule has 0 unspecified atom stereocenters. The van der Waals surface area contributed by atoms with Crippen molar-refractivity contribution in [1.29, 1.82) is 0 Å². The van der Waals surface area contributed by atoms with Gasteiger partial charge in [-0.1, -0.05) is 0 Å². The number of rotatable bonds is 8. The molecule has 0 saturated carbocycles. The van der Waals surface area contributed by atoms with Crippen molar-refractivity contribution in [2.75, 3.05) is 57.7 Å². The Morgan fingerprint density at radius 3 is 2.27 bits per heavy atom. The Hall–Kier alpha value is -3.30. The standard InChI is InChI=1S/C28H38N8O/c1-21(2)36-22(3)30-20-26(36)25-10-11-29-28(32-25)31-24-8-6-23(7-9-24)27(37)35-18-16-34(17-19-35)15-14-33-12-4-5-13-33/h6-11,20-21H,4-5,12-19H2,1-3H3,(H,29,31,32). The highest BCUT2D eigenvalue weighted by Gasteiger charge is 2.23. The SMILES string of the molecule is Cc1ncc(-c2ccnc(Nc3ccc(C(=O)N4CCN(CCN5CCCC5)CC4)cc3)n2)n1C(C)C. The predicted octanol–water partition coefficient (Wildman–Crippen LogP) is 3.83. The van der Waals surface area contributed by atoms with Crippen molar-refractivity contribution in [2.45, 2.75) is 39.7 Å². The minimum atomic E-state index is 0.0984. The Morgan fingerprint density at radius 2 is 1.59 bits per heavy atom. The van der Waals surface area contributed by atoms with Crippen molar-refractivity contribution in [3.05, 3.63) is 54.1 Å². The number of imidazole rings is 1. The van der Waals surface area contributed by atoms with Crippen molar-refractivity contribution in [1.82, 2.24) is 34.2 Å². The summed E-state index contributed by atoms with van der Waals surface area (Å²) in [6.45, 7) is 14.5. The zero-order chi connectivity index (χ0) is 25.8. The summed E-state index contributed by atoms with van der Waals surface area (Å²) in [5.41, 5.74) is 3.34. The monoisotopic (exact) mass is 502 g/mol. The summed E-state index contributed by atoms with van der Waals surface area (Å²) in [7, 11) is 0. The lowest BCUT2D eigenvalue weighted by molar-refractivity contribution is 0.0626. The first-order valence-corrected chi connectivity index (χ1v) is 13.5. The average molecular weight is 503 g/mol.